The highest BCUT2D eigenvalue weighted by atomic mass is 14.6. The Bertz CT molecular complexity index is 1970. The molecule has 7 rings (SSSR count). The Morgan fingerprint density at radius 2 is 1.00 bits per heavy atom. The fourth-order valence-electron chi connectivity index (χ4n) is 6.29. The second-order valence-electron chi connectivity index (χ2n) is 10.4. The molecule has 0 aliphatic carbocycles. The van der Waals surface area contributed by atoms with Gasteiger partial charge >= 0.3 is 0 Å². The quantitative estimate of drug-likeness (QED) is 0.192. The Kier molecular flexibility index (Phi) is 4.92. The SMILES string of the molecule is Cc1cc(C)cc(-c2c(N)c3ccc4c(-c5ccccc5)cc(N)c5ccc(c2-c2ccccc2)c3c54)c1. The molecular formula is C36H28N2. The summed E-state index contributed by atoms with van der Waals surface area (Å²) < 4.78 is 0. The van der Waals surface area contributed by atoms with Gasteiger partial charge in [-0.05, 0) is 58.5 Å². The Morgan fingerprint density at radius 1 is 0.447 bits per heavy atom. The minimum atomic E-state index is 0.781. The smallest absolute Gasteiger partial charge is 0.0480 e. The van der Waals surface area contributed by atoms with Gasteiger partial charge in [0.25, 0.3) is 0 Å². The van der Waals surface area contributed by atoms with E-state index >= 15 is 0 Å². The fourth-order valence-corrected chi connectivity index (χ4v) is 6.29. The molecule has 0 aliphatic heterocycles. The van der Waals surface area contributed by atoms with Gasteiger partial charge in [0.2, 0.25) is 0 Å². The normalized spacial score (nSPS) is 11.6. The van der Waals surface area contributed by atoms with Gasteiger partial charge in [0.05, 0.1) is 0 Å². The lowest BCUT2D eigenvalue weighted by Gasteiger charge is -2.23. The Hall–Kier alpha value is -4.82. The zero-order valence-corrected chi connectivity index (χ0v) is 21.5. The molecule has 0 amide bonds. The van der Waals surface area contributed by atoms with E-state index in [1.165, 1.54) is 38.2 Å². The van der Waals surface area contributed by atoms with Gasteiger partial charge in [0, 0.05) is 38.5 Å². The minimum absolute atomic E-state index is 0.781. The largest absolute Gasteiger partial charge is 0.398 e. The van der Waals surface area contributed by atoms with Crippen LogP contribution < -0.4 is 11.5 Å². The van der Waals surface area contributed by atoms with Crippen LogP contribution in [0, 0.1) is 13.8 Å². The van der Waals surface area contributed by atoms with Crippen molar-refractivity contribution in [2.24, 2.45) is 0 Å². The molecule has 0 fully saturated rings. The second-order valence-corrected chi connectivity index (χ2v) is 10.4. The van der Waals surface area contributed by atoms with Crippen LogP contribution in [0.4, 0.5) is 11.4 Å². The van der Waals surface area contributed by atoms with Crippen molar-refractivity contribution in [2.75, 3.05) is 11.5 Å². The van der Waals surface area contributed by atoms with Crippen LogP contribution in [0.3, 0.4) is 0 Å². The van der Waals surface area contributed by atoms with Crippen LogP contribution in [-0.2, 0) is 0 Å². The number of benzene rings is 7. The summed E-state index contributed by atoms with van der Waals surface area (Å²) >= 11 is 0. The fraction of sp³-hybridized carbons (Fsp3) is 0.0556. The summed E-state index contributed by atoms with van der Waals surface area (Å²) in [4.78, 5) is 0. The number of anilines is 2. The first-order valence-corrected chi connectivity index (χ1v) is 13.0. The van der Waals surface area contributed by atoms with Crippen molar-refractivity contribution in [3.05, 3.63) is 120 Å². The van der Waals surface area contributed by atoms with Crippen molar-refractivity contribution in [2.45, 2.75) is 13.8 Å². The molecule has 2 heteroatoms. The van der Waals surface area contributed by atoms with Crippen LogP contribution in [0.5, 0.6) is 0 Å². The third kappa shape index (κ3) is 3.27. The highest BCUT2D eigenvalue weighted by molar-refractivity contribution is 6.33. The van der Waals surface area contributed by atoms with Gasteiger partial charge in [0.15, 0.2) is 0 Å². The molecule has 7 aromatic carbocycles. The van der Waals surface area contributed by atoms with Crippen LogP contribution >= 0.6 is 0 Å². The Labute approximate surface area is 222 Å². The molecule has 7 aromatic rings. The van der Waals surface area contributed by atoms with Gasteiger partial charge in [-0.2, -0.15) is 0 Å². The lowest BCUT2D eigenvalue weighted by Crippen LogP contribution is -2.00. The molecule has 0 bridgehead atoms. The summed E-state index contributed by atoms with van der Waals surface area (Å²) in [7, 11) is 0. The molecule has 182 valence electrons. The molecule has 0 aromatic heterocycles. The first-order valence-electron chi connectivity index (χ1n) is 13.0. The minimum Gasteiger partial charge on any atom is -0.398 e. The lowest BCUT2D eigenvalue weighted by molar-refractivity contribution is 1.38. The molecule has 0 saturated heterocycles. The van der Waals surface area contributed by atoms with Gasteiger partial charge in [0.1, 0.15) is 0 Å². The van der Waals surface area contributed by atoms with Crippen molar-refractivity contribution in [1.82, 2.24) is 0 Å². The van der Waals surface area contributed by atoms with Crippen molar-refractivity contribution >= 4 is 43.7 Å². The summed E-state index contributed by atoms with van der Waals surface area (Å²) in [5, 5.41) is 6.86. The van der Waals surface area contributed by atoms with E-state index in [1.807, 2.05) is 6.07 Å². The molecule has 0 saturated carbocycles. The summed E-state index contributed by atoms with van der Waals surface area (Å²) in [5.74, 6) is 0. The number of nitrogens with two attached hydrogens (primary N) is 2. The van der Waals surface area contributed by atoms with E-state index in [9.17, 15) is 0 Å². The third-order valence-corrected chi connectivity index (χ3v) is 7.80. The monoisotopic (exact) mass is 488 g/mol. The maximum Gasteiger partial charge on any atom is 0.0480 e. The zero-order chi connectivity index (χ0) is 26.0. The Morgan fingerprint density at radius 3 is 1.68 bits per heavy atom. The van der Waals surface area contributed by atoms with Gasteiger partial charge in [-0.25, -0.2) is 0 Å². The molecular weight excluding hydrogens is 460 g/mol. The molecule has 0 radical (unpaired) electrons. The molecule has 4 N–H and O–H groups in total. The summed E-state index contributed by atoms with van der Waals surface area (Å²) in [6.07, 6.45) is 0. The van der Waals surface area contributed by atoms with Gasteiger partial charge < -0.3 is 11.5 Å². The van der Waals surface area contributed by atoms with E-state index in [0.717, 1.165) is 50.0 Å². The number of hydrogen-bond donors (Lipinski definition) is 2. The van der Waals surface area contributed by atoms with Gasteiger partial charge in [-0.1, -0.05) is 114 Å². The molecule has 0 atom stereocenters. The molecule has 0 aliphatic rings. The highest BCUT2D eigenvalue weighted by Crippen LogP contribution is 2.50. The summed E-state index contributed by atoms with van der Waals surface area (Å²) in [5.41, 5.74) is 24.8. The third-order valence-electron chi connectivity index (χ3n) is 7.80. The van der Waals surface area contributed by atoms with E-state index in [-0.39, 0.29) is 0 Å². The van der Waals surface area contributed by atoms with E-state index in [2.05, 4.69) is 117 Å². The second kappa shape index (κ2) is 8.36. The summed E-state index contributed by atoms with van der Waals surface area (Å²) in [6.45, 7) is 4.29. The number of nitrogen functional groups attached to an aromatic ring is 2. The van der Waals surface area contributed by atoms with Gasteiger partial charge in [-0.15, -0.1) is 0 Å². The molecule has 2 nitrogen and oxygen atoms in total. The maximum absolute atomic E-state index is 7.16. The standard InChI is InChI=1S/C36H28N2/c1-21-17-22(2)19-25(18-21)33-32(24-11-7-4-8-12-24)28-15-14-27-31(37)20-30(23-9-5-3-6-10-23)26-13-16-29(36(33)38)35(28)34(26)27/h3-20H,37-38H2,1-2H3. The number of rotatable bonds is 3. The topological polar surface area (TPSA) is 52.0 Å². The first kappa shape index (κ1) is 22.4. The van der Waals surface area contributed by atoms with Crippen LogP contribution in [0.2, 0.25) is 0 Å². The van der Waals surface area contributed by atoms with Crippen LogP contribution in [0.25, 0.3) is 65.7 Å². The van der Waals surface area contributed by atoms with E-state index in [1.54, 1.807) is 0 Å². The summed E-state index contributed by atoms with van der Waals surface area (Å²) in [6, 6.07) is 38.7. The maximum atomic E-state index is 7.16. The van der Waals surface area contributed by atoms with Crippen LogP contribution in [0.1, 0.15) is 11.1 Å². The predicted octanol–water partition coefficient (Wildman–Crippen LogP) is 9.37. The first-order chi connectivity index (χ1) is 18.5. The highest BCUT2D eigenvalue weighted by Gasteiger charge is 2.23. The van der Waals surface area contributed by atoms with Crippen molar-refractivity contribution in [3.8, 4) is 33.4 Å². The van der Waals surface area contributed by atoms with Crippen molar-refractivity contribution in [3.63, 3.8) is 0 Å². The molecule has 0 spiro atoms. The van der Waals surface area contributed by atoms with E-state index in [4.69, 9.17) is 11.5 Å². The average Bonchev–Trinajstić information content (AvgIpc) is 2.93. The molecule has 0 unspecified atom stereocenters. The van der Waals surface area contributed by atoms with Gasteiger partial charge in [-0.3, -0.25) is 0 Å². The van der Waals surface area contributed by atoms with E-state index in [0.29, 0.717) is 0 Å². The lowest BCUT2D eigenvalue weighted by atomic mass is 9.82. The van der Waals surface area contributed by atoms with Crippen molar-refractivity contribution in [1.29, 1.82) is 0 Å². The zero-order valence-electron chi connectivity index (χ0n) is 21.5. The number of aryl methyl sites for hydroxylation is 2. The van der Waals surface area contributed by atoms with Crippen molar-refractivity contribution < 1.29 is 0 Å². The molecule has 38 heavy (non-hydrogen) atoms. The van der Waals surface area contributed by atoms with Crippen LogP contribution in [-0.4, -0.2) is 0 Å². The van der Waals surface area contributed by atoms with Crippen LogP contribution in [0.15, 0.2) is 109 Å². The number of hydrogen-bond acceptors (Lipinski definition) is 2. The average molecular weight is 489 g/mol. The predicted molar refractivity (Wildman–Crippen MR) is 165 cm³/mol. The Balaban J connectivity index is 1.70. The van der Waals surface area contributed by atoms with E-state index < -0.39 is 0 Å². The molecule has 0 heterocycles.